The summed E-state index contributed by atoms with van der Waals surface area (Å²) in [6.07, 6.45) is 7.22. The van der Waals surface area contributed by atoms with Crippen molar-refractivity contribution in [2.45, 2.75) is 76.9 Å². The molecule has 1 atom stereocenters. The molecule has 2 amide bonds. The minimum absolute atomic E-state index is 0.00204. The van der Waals surface area contributed by atoms with Crippen LogP contribution in [0.25, 0.3) is 0 Å². The molecule has 0 radical (unpaired) electrons. The van der Waals surface area contributed by atoms with Crippen LogP contribution in [0.3, 0.4) is 0 Å². The fourth-order valence-electron chi connectivity index (χ4n) is 4.29. The van der Waals surface area contributed by atoms with E-state index in [1.807, 2.05) is 61.5 Å². The van der Waals surface area contributed by atoms with E-state index >= 15 is 0 Å². The molecule has 1 fully saturated rings. The van der Waals surface area contributed by atoms with Gasteiger partial charge in [-0.05, 0) is 42.5 Å². The monoisotopic (exact) mass is 440 g/mol. The van der Waals surface area contributed by atoms with Gasteiger partial charge in [-0.2, -0.15) is 0 Å². The van der Waals surface area contributed by atoms with Gasteiger partial charge in [0, 0.05) is 30.5 Å². The quantitative estimate of drug-likeness (QED) is 0.557. The van der Waals surface area contributed by atoms with Gasteiger partial charge < -0.3 is 10.2 Å². The molecule has 0 aromatic heterocycles. The second kappa shape index (κ2) is 11.9. The van der Waals surface area contributed by atoms with E-state index in [2.05, 4.69) is 5.32 Å². The highest BCUT2D eigenvalue weighted by atomic mass is 35.5. The highest BCUT2D eigenvalue weighted by molar-refractivity contribution is 6.30. The first-order chi connectivity index (χ1) is 15.1. The van der Waals surface area contributed by atoms with Crippen LogP contribution in [0.1, 0.15) is 63.0 Å². The van der Waals surface area contributed by atoms with Gasteiger partial charge in [0.1, 0.15) is 6.04 Å². The molecule has 1 aliphatic rings. The smallest absolute Gasteiger partial charge is 0.243 e. The molecule has 1 N–H and O–H groups in total. The number of hydrogen-bond acceptors (Lipinski definition) is 2. The molecule has 31 heavy (non-hydrogen) atoms. The van der Waals surface area contributed by atoms with Crippen LogP contribution in [-0.4, -0.2) is 28.8 Å². The Kier molecular flexibility index (Phi) is 8.96. The summed E-state index contributed by atoms with van der Waals surface area (Å²) in [4.78, 5) is 28.4. The van der Waals surface area contributed by atoms with Gasteiger partial charge in [0.25, 0.3) is 0 Å². The summed E-state index contributed by atoms with van der Waals surface area (Å²) >= 11 is 6.19. The lowest BCUT2D eigenvalue weighted by Gasteiger charge is -2.33. The molecule has 1 saturated carbocycles. The molecule has 5 heteroatoms. The summed E-state index contributed by atoms with van der Waals surface area (Å²) in [5, 5.41) is 3.89. The predicted molar refractivity (Wildman–Crippen MR) is 126 cm³/mol. The van der Waals surface area contributed by atoms with E-state index in [9.17, 15) is 9.59 Å². The molecular weight excluding hydrogens is 408 g/mol. The Bertz CT molecular complexity index is 849. The van der Waals surface area contributed by atoms with Crippen molar-refractivity contribution in [2.75, 3.05) is 0 Å². The summed E-state index contributed by atoms with van der Waals surface area (Å²) in [5.74, 6) is -0.0514. The number of hydrogen-bond donors (Lipinski definition) is 1. The normalized spacial score (nSPS) is 15.3. The highest BCUT2D eigenvalue weighted by Crippen LogP contribution is 2.21. The molecule has 2 aromatic rings. The predicted octanol–water partition coefficient (Wildman–Crippen LogP) is 5.53. The van der Waals surface area contributed by atoms with Crippen LogP contribution >= 0.6 is 11.6 Å². The Balaban J connectivity index is 1.88. The van der Waals surface area contributed by atoms with Crippen LogP contribution in [0, 0.1) is 0 Å². The van der Waals surface area contributed by atoms with Crippen molar-refractivity contribution in [1.82, 2.24) is 10.2 Å². The topological polar surface area (TPSA) is 49.4 Å². The fraction of sp³-hybridized carbons (Fsp3) is 0.462. The first kappa shape index (κ1) is 23.3. The highest BCUT2D eigenvalue weighted by Gasteiger charge is 2.31. The second-order valence-corrected chi connectivity index (χ2v) is 8.89. The van der Waals surface area contributed by atoms with Crippen molar-refractivity contribution in [3.8, 4) is 0 Å². The van der Waals surface area contributed by atoms with E-state index in [4.69, 9.17) is 11.6 Å². The van der Waals surface area contributed by atoms with Gasteiger partial charge in [-0.1, -0.05) is 80.3 Å². The molecule has 0 spiro atoms. The molecule has 4 nitrogen and oxygen atoms in total. The zero-order chi connectivity index (χ0) is 22.1. The van der Waals surface area contributed by atoms with Crippen molar-refractivity contribution in [1.29, 1.82) is 0 Å². The van der Waals surface area contributed by atoms with E-state index in [1.165, 1.54) is 6.42 Å². The maximum atomic E-state index is 13.5. The first-order valence-corrected chi connectivity index (χ1v) is 11.8. The Labute approximate surface area is 191 Å². The van der Waals surface area contributed by atoms with Crippen molar-refractivity contribution < 1.29 is 9.59 Å². The number of halogens is 1. The molecule has 0 bridgehead atoms. The lowest BCUT2D eigenvalue weighted by molar-refractivity contribution is -0.141. The van der Waals surface area contributed by atoms with E-state index in [0.29, 0.717) is 24.4 Å². The Morgan fingerprint density at radius 1 is 1.03 bits per heavy atom. The van der Waals surface area contributed by atoms with Gasteiger partial charge in [-0.25, -0.2) is 0 Å². The molecule has 0 unspecified atom stereocenters. The molecule has 0 saturated heterocycles. The number of carbonyl (C=O) groups excluding carboxylic acids is 2. The third-order valence-electron chi connectivity index (χ3n) is 5.93. The van der Waals surface area contributed by atoms with Gasteiger partial charge in [0.05, 0.1) is 0 Å². The van der Waals surface area contributed by atoms with Crippen LogP contribution in [0.5, 0.6) is 0 Å². The molecule has 0 heterocycles. The van der Waals surface area contributed by atoms with Crippen LogP contribution in [0.2, 0.25) is 5.02 Å². The minimum Gasteiger partial charge on any atom is -0.352 e. The average Bonchev–Trinajstić information content (AvgIpc) is 2.77. The van der Waals surface area contributed by atoms with Crippen LogP contribution in [0.4, 0.5) is 0 Å². The fourth-order valence-corrected chi connectivity index (χ4v) is 4.50. The Morgan fingerprint density at radius 2 is 1.74 bits per heavy atom. The van der Waals surface area contributed by atoms with Gasteiger partial charge >= 0.3 is 0 Å². The molecule has 1 aliphatic carbocycles. The van der Waals surface area contributed by atoms with Crippen LogP contribution < -0.4 is 5.32 Å². The summed E-state index contributed by atoms with van der Waals surface area (Å²) in [6, 6.07) is 17.1. The van der Waals surface area contributed by atoms with Crippen molar-refractivity contribution in [3.05, 3.63) is 70.7 Å². The number of carbonyl (C=O) groups is 2. The Morgan fingerprint density at radius 3 is 2.42 bits per heavy atom. The van der Waals surface area contributed by atoms with E-state index in [-0.39, 0.29) is 17.9 Å². The molecular formula is C26H33ClN2O2. The van der Waals surface area contributed by atoms with Gasteiger partial charge in [-0.3, -0.25) is 9.59 Å². The minimum atomic E-state index is -0.553. The number of amides is 2. The van der Waals surface area contributed by atoms with Crippen molar-refractivity contribution in [2.24, 2.45) is 0 Å². The maximum Gasteiger partial charge on any atom is 0.243 e. The maximum absolute atomic E-state index is 13.5. The second-order valence-electron chi connectivity index (χ2n) is 8.45. The summed E-state index contributed by atoms with van der Waals surface area (Å²) in [6.45, 7) is 2.36. The van der Waals surface area contributed by atoms with Gasteiger partial charge in [-0.15, -0.1) is 0 Å². The van der Waals surface area contributed by atoms with E-state index in [0.717, 1.165) is 43.2 Å². The van der Waals surface area contributed by atoms with E-state index < -0.39 is 6.04 Å². The summed E-state index contributed by atoms with van der Waals surface area (Å²) in [5.41, 5.74) is 1.98. The zero-order valence-electron chi connectivity index (χ0n) is 18.4. The third-order valence-corrected chi connectivity index (χ3v) is 6.16. The van der Waals surface area contributed by atoms with Crippen LogP contribution in [-0.2, 0) is 22.6 Å². The lowest BCUT2D eigenvalue weighted by atomic mass is 9.94. The molecule has 166 valence electrons. The number of benzene rings is 2. The van der Waals surface area contributed by atoms with E-state index in [1.54, 1.807) is 4.90 Å². The number of nitrogens with one attached hydrogen (secondary N) is 1. The standard InChI is InChI=1S/C26H33ClN2O2/c1-2-10-25(30)29(19-21-13-9-14-22(27)17-21)24(18-20-11-5-3-6-12-20)26(31)28-23-15-7-4-8-16-23/h3,5-6,9,11-14,17,23-24H,2,4,7-8,10,15-16,18-19H2,1H3,(H,28,31)/t24-/m0/s1. The van der Waals surface area contributed by atoms with Gasteiger partial charge in [0.2, 0.25) is 11.8 Å². The Hall–Kier alpha value is -2.33. The first-order valence-electron chi connectivity index (χ1n) is 11.4. The summed E-state index contributed by atoms with van der Waals surface area (Å²) in [7, 11) is 0. The molecule has 0 aliphatic heterocycles. The van der Waals surface area contributed by atoms with Gasteiger partial charge in [0.15, 0.2) is 0 Å². The SMILES string of the molecule is CCCC(=O)N(Cc1cccc(Cl)c1)[C@@H](Cc1ccccc1)C(=O)NC1CCCCC1. The average molecular weight is 441 g/mol. The van der Waals surface area contributed by atoms with Crippen LogP contribution in [0.15, 0.2) is 54.6 Å². The van der Waals surface area contributed by atoms with Crippen molar-refractivity contribution >= 4 is 23.4 Å². The lowest BCUT2D eigenvalue weighted by Crippen LogP contribution is -2.52. The summed E-state index contributed by atoms with van der Waals surface area (Å²) < 4.78 is 0. The number of nitrogens with zero attached hydrogens (tertiary/aromatic N) is 1. The van der Waals surface area contributed by atoms with Crippen molar-refractivity contribution in [3.63, 3.8) is 0 Å². The largest absolute Gasteiger partial charge is 0.352 e. The molecule has 2 aromatic carbocycles. The number of rotatable bonds is 9. The molecule has 3 rings (SSSR count). The third kappa shape index (κ3) is 7.10. The zero-order valence-corrected chi connectivity index (χ0v) is 19.1.